The fourth-order valence-electron chi connectivity index (χ4n) is 2.53. The van der Waals surface area contributed by atoms with E-state index in [9.17, 15) is 0 Å². The molecule has 112 valence electrons. The standard InChI is InChI=1S/C16H21N3OS/c1-18(2)16-5-3-4-14(17-16)15-11-19(7-8-20-15)10-13-6-9-21-12-13/h3-6,9,12,15H,7-8,10-11H2,1-2H3. The molecule has 0 bridgehead atoms. The zero-order valence-electron chi connectivity index (χ0n) is 12.5. The Hall–Kier alpha value is -1.43. The first-order chi connectivity index (χ1) is 10.2. The molecule has 3 rings (SSSR count). The SMILES string of the molecule is CN(C)c1cccc(C2CN(Cc3ccsc3)CCO2)n1. The Labute approximate surface area is 130 Å². The van der Waals surface area contributed by atoms with Crippen LogP contribution in [-0.4, -0.2) is 43.7 Å². The Morgan fingerprint density at radius 3 is 3.05 bits per heavy atom. The van der Waals surface area contributed by atoms with E-state index in [-0.39, 0.29) is 6.10 Å². The van der Waals surface area contributed by atoms with E-state index >= 15 is 0 Å². The van der Waals surface area contributed by atoms with Crippen LogP contribution in [0.2, 0.25) is 0 Å². The normalized spacial score (nSPS) is 19.6. The van der Waals surface area contributed by atoms with Crippen LogP contribution in [0.1, 0.15) is 17.4 Å². The lowest BCUT2D eigenvalue weighted by Crippen LogP contribution is -2.38. The number of pyridine rings is 1. The highest BCUT2D eigenvalue weighted by molar-refractivity contribution is 7.07. The molecule has 1 aliphatic rings. The molecule has 21 heavy (non-hydrogen) atoms. The van der Waals surface area contributed by atoms with Gasteiger partial charge in [0.05, 0.1) is 12.3 Å². The van der Waals surface area contributed by atoms with Crippen molar-refractivity contribution in [2.75, 3.05) is 38.7 Å². The molecule has 1 atom stereocenters. The van der Waals surface area contributed by atoms with Crippen molar-refractivity contribution in [2.45, 2.75) is 12.6 Å². The summed E-state index contributed by atoms with van der Waals surface area (Å²) in [5.74, 6) is 0.978. The summed E-state index contributed by atoms with van der Waals surface area (Å²) in [6.45, 7) is 3.65. The number of rotatable bonds is 4. The molecule has 0 aromatic carbocycles. The average molecular weight is 303 g/mol. The summed E-state index contributed by atoms with van der Waals surface area (Å²) < 4.78 is 5.93. The van der Waals surface area contributed by atoms with Gasteiger partial charge in [0.1, 0.15) is 11.9 Å². The Balaban J connectivity index is 1.69. The van der Waals surface area contributed by atoms with Gasteiger partial charge >= 0.3 is 0 Å². The molecule has 1 unspecified atom stereocenters. The highest BCUT2D eigenvalue weighted by atomic mass is 32.1. The van der Waals surface area contributed by atoms with Gasteiger partial charge in [-0.15, -0.1) is 0 Å². The second-order valence-corrected chi connectivity index (χ2v) is 6.32. The van der Waals surface area contributed by atoms with E-state index in [1.807, 2.05) is 25.1 Å². The lowest BCUT2D eigenvalue weighted by Gasteiger charge is -2.32. The predicted octanol–water partition coefficient (Wildman–Crippen LogP) is 2.78. The van der Waals surface area contributed by atoms with Crippen molar-refractivity contribution in [3.8, 4) is 0 Å². The number of thiophene rings is 1. The van der Waals surface area contributed by atoms with Gasteiger partial charge in [-0.3, -0.25) is 4.90 Å². The van der Waals surface area contributed by atoms with Gasteiger partial charge in [0, 0.05) is 33.7 Å². The van der Waals surface area contributed by atoms with Gasteiger partial charge in [0.15, 0.2) is 0 Å². The van der Waals surface area contributed by atoms with Gasteiger partial charge < -0.3 is 9.64 Å². The molecular weight excluding hydrogens is 282 g/mol. The second kappa shape index (κ2) is 6.56. The summed E-state index contributed by atoms with van der Waals surface area (Å²) in [6, 6.07) is 8.33. The molecule has 0 N–H and O–H groups in total. The number of nitrogens with zero attached hydrogens (tertiary/aromatic N) is 3. The van der Waals surface area contributed by atoms with Crippen molar-refractivity contribution >= 4 is 17.2 Å². The summed E-state index contributed by atoms with van der Waals surface area (Å²) >= 11 is 1.75. The zero-order valence-corrected chi connectivity index (χ0v) is 13.3. The molecule has 4 nitrogen and oxygen atoms in total. The third-order valence-corrected chi connectivity index (χ3v) is 4.41. The summed E-state index contributed by atoms with van der Waals surface area (Å²) in [7, 11) is 4.02. The second-order valence-electron chi connectivity index (χ2n) is 5.54. The molecule has 1 fully saturated rings. The molecule has 0 aliphatic carbocycles. The molecular formula is C16H21N3OS. The maximum absolute atomic E-state index is 5.93. The highest BCUT2D eigenvalue weighted by Gasteiger charge is 2.23. The Morgan fingerprint density at radius 1 is 1.38 bits per heavy atom. The van der Waals surface area contributed by atoms with E-state index in [1.165, 1.54) is 5.56 Å². The lowest BCUT2D eigenvalue weighted by atomic mass is 10.1. The molecule has 1 aliphatic heterocycles. The highest BCUT2D eigenvalue weighted by Crippen LogP contribution is 2.23. The first-order valence-electron chi connectivity index (χ1n) is 7.21. The van der Waals surface area contributed by atoms with Gasteiger partial charge in [-0.2, -0.15) is 11.3 Å². The molecule has 2 aromatic heterocycles. The molecule has 0 amide bonds. The van der Waals surface area contributed by atoms with E-state index in [1.54, 1.807) is 11.3 Å². The topological polar surface area (TPSA) is 28.6 Å². The van der Waals surface area contributed by atoms with Crippen molar-refractivity contribution in [1.29, 1.82) is 0 Å². The van der Waals surface area contributed by atoms with Gasteiger partial charge in [0.25, 0.3) is 0 Å². The third kappa shape index (κ3) is 3.61. The quantitative estimate of drug-likeness (QED) is 0.868. The van der Waals surface area contributed by atoms with Crippen molar-refractivity contribution in [3.05, 3.63) is 46.3 Å². The van der Waals surface area contributed by atoms with Crippen LogP contribution < -0.4 is 4.90 Å². The smallest absolute Gasteiger partial charge is 0.128 e. The molecule has 5 heteroatoms. The number of hydrogen-bond acceptors (Lipinski definition) is 5. The Morgan fingerprint density at radius 2 is 2.29 bits per heavy atom. The van der Waals surface area contributed by atoms with Crippen LogP contribution in [0.15, 0.2) is 35.0 Å². The number of aromatic nitrogens is 1. The maximum Gasteiger partial charge on any atom is 0.128 e. The summed E-state index contributed by atoms with van der Waals surface area (Å²) in [4.78, 5) is 9.17. The minimum atomic E-state index is 0.0669. The Bertz CT molecular complexity index is 571. The maximum atomic E-state index is 5.93. The summed E-state index contributed by atoms with van der Waals surface area (Å²) in [5.41, 5.74) is 2.41. The van der Waals surface area contributed by atoms with Crippen LogP contribution in [0, 0.1) is 0 Å². The average Bonchev–Trinajstić information content (AvgIpc) is 3.00. The van der Waals surface area contributed by atoms with Crippen LogP contribution in [0.4, 0.5) is 5.82 Å². The van der Waals surface area contributed by atoms with Crippen LogP contribution in [0.25, 0.3) is 0 Å². The van der Waals surface area contributed by atoms with Crippen LogP contribution in [0.3, 0.4) is 0 Å². The summed E-state index contributed by atoms with van der Waals surface area (Å²) in [5, 5.41) is 4.35. The minimum absolute atomic E-state index is 0.0669. The van der Waals surface area contributed by atoms with Gasteiger partial charge in [0.2, 0.25) is 0 Å². The lowest BCUT2D eigenvalue weighted by molar-refractivity contribution is -0.0349. The van der Waals surface area contributed by atoms with Crippen LogP contribution in [0.5, 0.6) is 0 Å². The fourth-order valence-corrected chi connectivity index (χ4v) is 3.19. The van der Waals surface area contributed by atoms with E-state index in [2.05, 4.69) is 33.9 Å². The fraction of sp³-hybridized carbons (Fsp3) is 0.438. The molecule has 0 spiro atoms. The molecule has 0 saturated carbocycles. The third-order valence-electron chi connectivity index (χ3n) is 3.68. The molecule has 0 radical (unpaired) electrons. The zero-order chi connectivity index (χ0) is 14.7. The monoisotopic (exact) mass is 303 g/mol. The first kappa shape index (κ1) is 14.5. The van der Waals surface area contributed by atoms with Crippen molar-refractivity contribution in [3.63, 3.8) is 0 Å². The minimum Gasteiger partial charge on any atom is -0.369 e. The van der Waals surface area contributed by atoms with E-state index < -0.39 is 0 Å². The molecule has 3 heterocycles. The van der Waals surface area contributed by atoms with Crippen LogP contribution in [-0.2, 0) is 11.3 Å². The Kier molecular flexibility index (Phi) is 4.53. The van der Waals surface area contributed by atoms with E-state index in [0.717, 1.165) is 37.8 Å². The largest absolute Gasteiger partial charge is 0.369 e. The molecule has 2 aromatic rings. The number of ether oxygens (including phenoxy) is 1. The van der Waals surface area contributed by atoms with Gasteiger partial charge in [-0.05, 0) is 34.5 Å². The molecule has 1 saturated heterocycles. The predicted molar refractivity (Wildman–Crippen MR) is 86.9 cm³/mol. The van der Waals surface area contributed by atoms with Crippen molar-refractivity contribution in [2.24, 2.45) is 0 Å². The van der Waals surface area contributed by atoms with E-state index in [4.69, 9.17) is 9.72 Å². The number of anilines is 1. The van der Waals surface area contributed by atoms with E-state index in [0.29, 0.717) is 0 Å². The van der Waals surface area contributed by atoms with Gasteiger partial charge in [-0.25, -0.2) is 4.98 Å². The van der Waals surface area contributed by atoms with Crippen molar-refractivity contribution < 1.29 is 4.74 Å². The number of morpholine rings is 1. The van der Waals surface area contributed by atoms with Gasteiger partial charge in [-0.1, -0.05) is 6.07 Å². The summed E-state index contributed by atoms with van der Waals surface area (Å²) in [6.07, 6.45) is 0.0669. The van der Waals surface area contributed by atoms with Crippen molar-refractivity contribution in [1.82, 2.24) is 9.88 Å². The first-order valence-corrected chi connectivity index (χ1v) is 8.16. The number of hydrogen-bond donors (Lipinski definition) is 0. The van der Waals surface area contributed by atoms with Crippen LogP contribution >= 0.6 is 11.3 Å².